The van der Waals surface area contributed by atoms with Crippen LogP contribution in [-0.2, 0) is 11.9 Å². The summed E-state index contributed by atoms with van der Waals surface area (Å²) in [7, 11) is 0. The van der Waals surface area contributed by atoms with Gasteiger partial charge in [-0.25, -0.2) is 4.39 Å². The van der Waals surface area contributed by atoms with Crippen LogP contribution in [0.4, 0.5) is 17.6 Å². The minimum Gasteiger partial charge on any atom is -0.207 e. The maximum absolute atomic E-state index is 12.9. The molecule has 0 fully saturated rings. The molecule has 0 amide bonds. The largest absolute Gasteiger partial charge is 0.416 e. The third-order valence-corrected chi connectivity index (χ3v) is 4.44. The maximum Gasteiger partial charge on any atom is 0.416 e. The second-order valence-corrected chi connectivity index (χ2v) is 6.24. The van der Waals surface area contributed by atoms with E-state index >= 15 is 0 Å². The summed E-state index contributed by atoms with van der Waals surface area (Å²) in [6, 6.07) is 14.5. The number of hydrogen-bond acceptors (Lipinski definition) is 3. The van der Waals surface area contributed by atoms with E-state index in [9.17, 15) is 17.6 Å². The first-order valence-corrected chi connectivity index (χ1v) is 8.29. The van der Waals surface area contributed by atoms with Gasteiger partial charge in [0.25, 0.3) is 0 Å². The van der Waals surface area contributed by atoms with Crippen LogP contribution in [0.3, 0.4) is 0 Å². The molecule has 0 N–H and O–H groups in total. The number of benzene rings is 2. The summed E-state index contributed by atoms with van der Waals surface area (Å²) < 4.78 is 50.5. The van der Waals surface area contributed by atoms with E-state index in [0.29, 0.717) is 16.5 Å². The monoisotopic (exact) mass is 364 g/mol. The molecule has 0 saturated carbocycles. The topological polar surface area (TPSA) is 25.8 Å². The minimum atomic E-state index is -4.33. The van der Waals surface area contributed by atoms with Crippen molar-refractivity contribution in [2.45, 2.75) is 17.0 Å². The Morgan fingerprint density at radius 2 is 1.48 bits per heavy atom. The minimum absolute atomic E-state index is 0.319. The lowest BCUT2D eigenvalue weighted by Gasteiger charge is -2.07. The molecule has 128 valence electrons. The first kappa shape index (κ1) is 17.4. The molecule has 0 radical (unpaired) electrons. The second-order valence-electron chi connectivity index (χ2n) is 5.25. The lowest BCUT2D eigenvalue weighted by atomic mass is 10.1. The average Bonchev–Trinajstić information content (AvgIpc) is 2.61. The molecule has 2 aromatic carbocycles. The fourth-order valence-electron chi connectivity index (χ4n) is 2.12. The van der Waals surface area contributed by atoms with E-state index in [-0.39, 0.29) is 5.82 Å². The molecule has 3 rings (SSSR count). The van der Waals surface area contributed by atoms with Gasteiger partial charge in [0.1, 0.15) is 10.8 Å². The van der Waals surface area contributed by atoms with E-state index in [4.69, 9.17) is 0 Å². The molecular formula is C18H12F4N2S. The molecule has 0 bridgehead atoms. The lowest BCUT2D eigenvalue weighted by Crippen LogP contribution is -2.04. The Bertz CT molecular complexity index is 829. The Kier molecular flexibility index (Phi) is 5.03. The predicted molar refractivity (Wildman–Crippen MR) is 88.4 cm³/mol. The van der Waals surface area contributed by atoms with Crippen LogP contribution < -0.4 is 0 Å². The fraction of sp³-hybridized carbons (Fsp3) is 0.111. The van der Waals surface area contributed by atoms with Crippen LogP contribution in [0.25, 0.3) is 11.3 Å². The van der Waals surface area contributed by atoms with Crippen molar-refractivity contribution in [3.8, 4) is 11.3 Å². The van der Waals surface area contributed by atoms with Crippen LogP contribution >= 0.6 is 11.8 Å². The molecule has 7 heteroatoms. The number of halogens is 4. The molecule has 0 unspecified atom stereocenters. The van der Waals surface area contributed by atoms with Crippen LogP contribution in [0.2, 0.25) is 0 Å². The predicted octanol–water partition coefficient (Wildman–Crippen LogP) is 5.59. The summed E-state index contributed by atoms with van der Waals surface area (Å²) in [6.07, 6.45) is -4.33. The van der Waals surface area contributed by atoms with Crippen molar-refractivity contribution in [2.24, 2.45) is 0 Å². The molecule has 3 aromatic rings. The number of hydrogen-bond donors (Lipinski definition) is 0. The van der Waals surface area contributed by atoms with Gasteiger partial charge in [0.2, 0.25) is 0 Å². The van der Waals surface area contributed by atoms with Gasteiger partial charge in [0.05, 0.1) is 11.3 Å². The van der Waals surface area contributed by atoms with Gasteiger partial charge in [-0.15, -0.1) is 10.2 Å². The number of alkyl halides is 3. The van der Waals surface area contributed by atoms with Gasteiger partial charge in [-0.1, -0.05) is 23.9 Å². The lowest BCUT2D eigenvalue weighted by molar-refractivity contribution is -0.137. The summed E-state index contributed by atoms with van der Waals surface area (Å²) >= 11 is 1.38. The normalized spacial score (nSPS) is 11.5. The average molecular weight is 364 g/mol. The highest BCUT2D eigenvalue weighted by molar-refractivity contribution is 7.98. The zero-order chi connectivity index (χ0) is 17.9. The SMILES string of the molecule is Fc1ccc(-c2ccc(SCc3ccc(C(F)(F)F)cc3)nn2)cc1. The highest BCUT2D eigenvalue weighted by atomic mass is 32.2. The van der Waals surface area contributed by atoms with E-state index < -0.39 is 11.7 Å². The first-order chi connectivity index (χ1) is 11.9. The van der Waals surface area contributed by atoms with Gasteiger partial charge < -0.3 is 0 Å². The maximum atomic E-state index is 12.9. The molecule has 0 aliphatic carbocycles. The Morgan fingerprint density at radius 3 is 2.04 bits per heavy atom. The first-order valence-electron chi connectivity index (χ1n) is 7.30. The van der Waals surface area contributed by atoms with Gasteiger partial charge in [-0.3, -0.25) is 0 Å². The molecular weight excluding hydrogens is 352 g/mol. The summed E-state index contributed by atoms with van der Waals surface area (Å²) in [5.41, 5.74) is 1.49. The molecule has 25 heavy (non-hydrogen) atoms. The smallest absolute Gasteiger partial charge is 0.207 e. The van der Waals surface area contributed by atoms with E-state index in [0.717, 1.165) is 23.3 Å². The van der Waals surface area contributed by atoms with Crippen molar-refractivity contribution in [2.75, 3.05) is 0 Å². The standard InChI is InChI=1S/C18H12F4N2S/c19-15-7-3-13(4-8-15)16-9-10-17(24-23-16)25-11-12-1-5-14(6-2-12)18(20,21)22/h1-10H,11H2. The molecule has 2 nitrogen and oxygen atoms in total. The Morgan fingerprint density at radius 1 is 0.800 bits per heavy atom. The zero-order valence-corrected chi connectivity index (χ0v) is 13.6. The summed E-state index contributed by atoms with van der Waals surface area (Å²) in [4.78, 5) is 0. The molecule has 0 aliphatic heterocycles. The van der Waals surface area contributed by atoms with Gasteiger partial charge >= 0.3 is 6.18 Å². The highest BCUT2D eigenvalue weighted by Gasteiger charge is 2.29. The quantitative estimate of drug-likeness (QED) is 0.446. The molecule has 0 saturated heterocycles. The fourth-order valence-corrected chi connectivity index (χ4v) is 2.89. The summed E-state index contributed by atoms with van der Waals surface area (Å²) in [6.45, 7) is 0. The zero-order valence-electron chi connectivity index (χ0n) is 12.8. The van der Waals surface area contributed by atoms with Crippen molar-refractivity contribution < 1.29 is 17.6 Å². The van der Waals surface area contributed by atoms with Crippen LogP contribution in [0.1, 0.15) is 11.1 Å². The number of thioether (sulfide) groups is 1. The van der Waals surface area contributed by atoms with Crippen LogP contribution in [0.15, 0.2) is 65.7 Å². The highest BCUT2D eigenvalue weighted by Crippen LogP contribution is 2.30. The van der Waals surface area contributed by atoms with Gasteiger partial charge in [0, 0.05) is 11.3 Å². The molecule has 0 spiro atoms. The number of rotatable bonds is 4. The Balaban J connectivity index is 1.63. The molecule has 0 atom stereocenters. The number of nitrogens with zero attached hydrogens (tertiary/aromatic N) is 2. The summed E-state index contributed by atoms with van der Waals surface area (Å²) in [5.74, 6) is 0.170. The van der Waals surface area contributed by atoms with Crippen LogP contribution in [-0.4, -0.2) is 10.2 Å². The van der Waals surface area contributed by atoms with E-state index in [1.165, 1.54) is 36.0 Å². The Labute approximate surface area is 145 Å². The van der Waals surface area contributed by atoms with Crippen molar-refractivity contribution in [1.29, 1.82) is 0 Å². The summed E-state index contributed by atoms with van der Waals surface area (Å²) in [5, 5.41) is 8.84. The third-order valence-electron chi connectivity index (χ3n) is 3.45. The number of aromatic nitrogens is 2. The molecule has 0 aliphatic rings. The van der Waals surface area contributed by atoms with Crippen molar-refractivity contribution in [3.63, 3.8) is 0 Å². The molecule has 1 heterocycles. The van der Waals surface area contributed by atoms with E-state index in [1.54, 1.807) is 24.3 Å². The molecule has 1 aromatic heterocycles. The van der Waals surface area contributed by atoms with E-state index in [1.807, 2.05) is 0 Å². The second kappa shape index (κ2) is 7.23. The van der Waals surface area contributed by atoms with Gasteiger partial charge in [0.15, 0.2) is 0 Å². The van der Waals surface area contributed by atoms with E-state index in [2.05, 4.69) is 10.2 Å². The van der Waals surface area contributed by atoms with Crippen molar-refractivity contribution in [1.82, 2.24) is 10.2 Å². The van der Waals surface area contributed by atoms with Crippen molar-refractivity contribution >= 4 is 11.8 Å². The van der Waals surface area contributed by atoms with Gasteiger partial charge in [-0.05, 0) is 54.1 Å². The van der Waals surface area contributed by atoms with Crippen LogP contribution in [0, 0.1) is 5.82 Å². The van der Waals surface area contributed by atoms with Crippen molar-refractivity contribution in [3.05, 3.63) is 77.6 Å². The van der Waals surface area contributed by atoms with Gasteiger partial charge in [-0.2, -0.15) is 13.2 Å². The Hall–Kier alpha value is -2.41. The van der Waals surface area contributed by atoms with Crippen LogP contribution in [0.5, 0.6) is 0 Å². The third kappa shape index (κ3) is 4.57.